The molecule has 2 N–H and O–H groups in total. The van der Waals surface area contributed by atoms with Gasteiger partial charge in [-0.05, 0) is 39.8 Å². The molecule has 2 aromatic heterocycles. The van der Waals surface area contributed by atoms with E-state index in [1.165, 1.54) is 6.33 Å². The maximum absolute atomic E-state index is 12.2. The molecule has 0 unspecified atom stereocenters. The van der Waals surface area contributed by atoms with Crippen LogP contribution >= 0.6 is 0 Å². The number of anilines is 1. The third-order valence-electron chi connectivity index (χ3n) is 4.63. The summed E-state index contributed by atoms with van der Waals surface area (Å²) in [5.41, 5.74) is 7.01. The zero-order valence-corrected chi connectivity index (χ0v) is 16.4. The lowest BCUT2D eigenvalue weighted by atomic mass is 10.0. The Balaban J connectivity index is 1.75. The van der Waals surface area contributed by atoms with Crippen molar-refractivity contribution < 1.29 is 28.5 Å². The number of hydrogen-bond acceptors (Lipinski definition) is 10. The monoisotopic (exact) mass is 403 g/mol. The molecule has 4 heterocycles. The fraction of sp³-hybridized carbons (Fsp3) is 0.556. The van der Waals surface area contributed by atoms with Crippen LogP contribution in [-0.4, -0.2) is 50.6 Å². The number of nitrogens with zero attached hydrogens (tertiary/aromatic N) is 4. The predicted molar refractivity (Wildman–Crippen MR) is 96.1 cm³/mol. The maximum Gasteiger partial charge on any atom is 0.511 e. The first-order valence-corrected chi connectivity index (χ1v) is 9.08. The summed E-state index contributed by atoms with van der Waals surface area (Å²) in [7, 11) is 0. The van der Waals surface area contributed by atoms with Crippen molar-refractivity contribution in [2.45, 2.75) is 63.7 Å². The normalized spacial score (nSPS) is 30.3. The predicted octanol–water partition coefficient (Wildman–Crippen LogP) is 1.68. The molecule has 0 spiro atoms. The Morgan fingerprint density at radius 2 is 2.10 bits per heavy atom. The molecule has 0 aromatic carbocycles. The molecule has 29 heavy (non-hydrogen) atoms. The second-order valence-corrected chi connectivity index (χ2v) is 7.56. The standard InChI is InChI=1S/C18H21N5O6/c1-9(2)25-16(24)29-18(7-19)14-13(26-17(3,4)28-14)12(27-18)10-5-6-11-15(20)21-8-22-23(10)11/h5-6,8-9,12-14H,1-4H3,(H2,20,21,22)/t12-,13-,14-,18+/m0/s1. The third kappa shape index (κ3) is 3.15. The van der Waals surface area contributed by atoms with Crippen LogP contribution in [0.25, 0.3) is 5.52 Å². The van der Waals surface area contributed by atoms with Gasteiger partial charge in [0.25, 0.3) is 0 Å². The van der Waals surface area contributed by atoms with E-state index >= 15 is 0 Å². The van der Waals surface area contributed by atoms with E-state index in [2.05, 4.69) is 10.1 Å². The number of nitriles is 1. The molecule has 11 heteroatoms. The highest BCUT2D eigenvalue weighted by molar-refractivity contribution is 5.65. The smallest absolute Gasteiger partial charge is 0.431 e. The van der Waals surface area contributed by atoms with Gasteiger partial charge in [-0.25, -0.2) is 14.3 Å². The molecule has 2 aromatic rings. The third-order valence-corrected chi connectivity index (χ3v) is 4.63. The van der Waals surface area contributed by atoms with Crippen molar-refractivity contribution in [3.05, 3.63) is 24.2 Å². The van der Waals surface area contributed by atoms with Crippen molar-refractivity contribution in [2.75, 3.05) is 5.73 Å². The number of fused-ring (bicyclic) bond motifs is 2. The molecule has 0 aliphatic carbocycles. The highest BCUT2D eigenvalue weighted by Crippen LogP contribution is 2.50. The van der Waals surface area contributed by atoms with Gasteiger partial charge >= 0.3 is 11.9 Å². The van der Waals surface area contributed by atoms with Crippen molar-refractivity contribution in [3.63, 3.8) is 0 Å². The summed E-state index contributed by atoms with van der Waals surface area (Å²) in [4.78, 5) is 16.1. The van der Waals surface area contributed by atoms with Gasteiger partial charge in [0.2, 0.25) is 0 Å². The fourth-order valence-electron chi connectivity index (χ4n) is 3.58. The second kappa shape index (κ2) is 6.55. The Morgan fingerprint density at radius 1 is 1.34 bits per heavy atom. The number of carbonyl (C=O) groups is 1. The fourth-order valence-corrected chi connectivity index (χ4v) is 3.58. The van der Waals surface area contributed by atoms with Crippen LogP contribution in [-0.2, 0) is 23.7 Å². The maximum atomic E-state index is 12.2. The van der Waals surface area contributed by atoms with Crippen LogP contribution in [0.15, 0.2) is 18.5 Å². The van der Waals surface area contributed by atoms with Crippen LogP contribution in [0, 0.1) is 11.3 Å². The molecular formula is C18H21N5O6. The Kier molecular flexibility index (Phi) is 4.38. The number of carbonyl (C=O) groups excluding carboxylic acids is 1. The number of nitrogen functional groups attached to an aromatic ring is 1. The summed E-state index contributed by atoms with van der Waals surface area (Å²) in [6.07, 6.45) is -2.74. The largest absolute Gasteiger partial charge is 0.511 e. The average molecular weight is 403 g/mol. The summed E-state index contributed by atoms with van der Waals surface area (Å²) in [5.74, 6) is -2.79. The first-order chi connectivity index (χ1) is 13.7. The molecule has 2 saturated heterocycles. The number of aromatic nitrogens is 3. The van der Waals surface area contributed by atoms with Crippen LogP contribution in [0.2, 0.25) is 0 Å². The zero-order valence-electron chi connectivity index (χ0n) is 16.4. The minimum atomic E-state index is -2.06. The average Bonchev–Trinajstić information content (AvgIpc) is 3.26. The molecule has 4 rings (SSSR count). The van der Waals surface area contributed by atoms with Crippen molar-refractivity contribution in [3.8, 4) is 6.07 Å². The molecule has 2 aliphatic rings. The van der Waals surface area contributed by atoms with Crippen LogP contribution in [0.3, 0.4) is 0 Å². The van der Waals surface area contributed by atoms with E-state index in [0.29, 0.717) is 11.2 Å². The Morgan fingerprint density at radius 3 is 2.79 bits per heavy atom. The summed E-state index contributed by atoms with van der Waals surface area (Å²) in [5, 5.41) is 14.1. The number of rotatable bonds is 3. The van der Waals surface area contributed by atoms with Gasteiger partial charge in [0.1, 0.15) is 30.1 Å². The lowest BCUT2D eigenvalue weighted by Crippen LogP contribution is -2.46. The summed E-state index contributed by atoms with van der Waals surface area (Å²) < 4.78 is 29.7. The molecule has 11 nitrogen and oxygen atoms in total. The van der Waals surface area contributed by atoms with Crippen molar-refractivity contribution in [2.24, 2.45) is 0 Å². The van der Waals surface area contributed by atoms with E-state index in [1.54, 1.807) is 44.3 Å². The minimum absolute atomic E-state index is 0.285. The summed E-state index contributed by atoms with van der Waals surface area (Å²) >= 11 is 0. The zero-order chi connectivity index (χ0) is 21.0. The first-order valence-electron chi connectivity index (χ1n) is 9.08. The SMILES string of the molecule is CC(C)OC(=O)O[C@@]1(C#N)O[C@@H](c2ccc3c(N)ncnn23)[C@@H]2OC(C)(C)O[C@@H]21. The van der Waals surface area contributed by atoms with Gasteiger partial charge in [-0.1, -0.05) is 0 Å². The molecule has 2 aliphatic heterocycles. The van der Waals surface area contributed by atoms with Gasteiger partial charge in [-0.2, -0.15) is 10.4 Å². The van der Waals surface area contributed by atoms with Crippen molar-refractivity contribution >= 4 is 17.5 Å². The van der Waals surface area contributed by atoms with Gasteiger partial charge in [0, 0.05) is 0 Å². The van der Waals surface area contributed by atoms with Crippen molar-refractivity contribution in [1.29, 1.82) is 5.26 Å². The van der Waals surface area contributed by atoms with E-state index < -0.39 is 42.1 Å². The number of nitrogens with two attached hydrogens (primary N) is 1. The number of hydrogen-bond donors (Lipinski definition) is 1. The second-order valence-electron chi connectivity index (χ2n) is 7.56. The van der Waals surface area contributed by atoms with Gasteiger partial charge in [0.15, 0.2) is 17.7 Å². The van der Waals surface area contributed by atoms with Crippen LogP contribution in [0.4, 0.5) is 10.6 Å². The van der Waals surface area contributed by atoms with E-state index in [9.17, 15) is 10.1 Å². The Hall–Kier alpha value is -2.94. The van der Waals surface area contributed by atoms with E-state index in [1.807, 2.05) is 6.07 Å². The molecule has 4 atom stereocenters. The van der Waals surface area contributed by atoms with Gasteiger partial charge in [-0.15, -0.1) is 0 Å². The summed E-state index contributed by atoms with van der Waals surface area (Å²) in [6.45, 7) is 6.73. The molecular weight excluding hydrogens is 382 g/mol. The van der Waals surface area contributed by atoms with E-state index in [0.717, 1.165) is 0 Å². The van der Waals surface area contributed by atoms with Gasteiger partial charge < -0.3 is 29.4 Å². The topological polar surface area (TPSA) is 143 Å². The van der Waals surface area contributed by atoms with Crippen LogP contribution in [0.5, 0.6) is 0 Å². The van der Waals surface area contributed by atoms with Gasteiger partial charge in [0.05, 0.1) is 11.8 Å². The Labute approximate surface area is 166 Å². The molecule has 0 saturated carbocycles. The molecule has 0 bridgehead atoms. The Bertz CT molecular complexity index is 998. The molecule has 154 valence electrons. The molecule has 0 amide bonds. The quantitative estimate of drug-likeness (QED) is 0.752. The molecule has 0 radical (unpaired) electrons. The number of ether oxygens (including phenoxy) is 5. The first kappa shape index (κ1) is 19.4. The summed E-state index contributed by atoms with van der Waals surface area (Å²) in [6, 6.07) is 5.38. The lowest BCUT2D eigenvalue weighted by Gasteiger charge is -2.28. The molecule has 2 fully saturated rings. The van der Waals surface area contributed by atoms with Gasteiger partial charge in [-0.3, -0.25) is 0 Å². The highest BCUT2D eigenvalue weighted by atomic mass is 16.9. The minimum Gasteiger partial charge on any atom is -0.431 e. The van der Waals surface area contributed by atoms with Crippen LogP contribution in [0.1, 0.15) is 39.5 Å². The van der Waals surface area contributed by atoms with Crippen molar-refractivity contribution in [1.82, 2.24) is 14.6 Å². The van der Waals surface area contributed by atoms with E-state index in [-0.39, 0.29) is 5.82 Å². The lowest BCUT2D eigenvalue weighted by molar-refractivity contribution is -0.255. The van der Waals surface area contributed by atoms with E-state index in [4.69, 9.17) is 29.4 Å². The van der Waals surface area contributed by atoms with Crippen LogP contribution < -0.4 is 5.73 Å². The highest BCUT2D eigenvalue weighted by Gasteiger charge is 2.67.